The Morgan fingerprint density at radius 3 is 1.97 bits per heavy atom. The minimum Gasteiger partial charge on any atom is -0.324 e. The minimum absolute atomic E-state index is 0.0458. The first-order valence-electron chi connectivity index (χ1n) is 10.2. The van der Waals surface area contributed by atoms with Crippen LogP contribution in [-0.4, -0.2) is 0 Å². The van der Waals surface area contributed by atoms with Crippen molar-refractivity contribution in [3.63, 3.8) is 0 Å². The number of benzene rings is 3. The van der Waals surface area contributed by atoms with Gasteiger partial charge in [-0.05, 0) is 58.2 Å². The number of halogens is 3. The summed E-state index contributed by atoms with van der Waals surface area (Å²) in [5, 5.41) is 0. The number of fused-ring (bicyclic) bond motifs is 1. The zero-order valence-electron chi connectivity index (χ0n) is 16.3. The molecule has 1 saturated carbocycles. The highest BCUT2D eigenvalue weighted by atomic mass is 19.4. The molecule has 2 nitrogen and oxygen atoms in total. The average Bonchev–Trinajstić information content (AvgIpc) is 3.49. The maximum atomic E-state index is 13.0. The fourth-order valence-corrected chi connectivity index (χ4v) is 5.11. The Morgan fingerprint density at radius 2 is 1.37 bits per heavy atom. The molecule has 0 heterocycles. The molecule has 0 amide bonds. The summed E-state index contributed by atoms with van der Waals surface area (Å²) < 4.78 is 39.0. The smallest absolute Gasteiger partial charge is 0.324 e. The van der Waals surface area contributed by atoms with Crippen molar-refractivity contribution in [1.29, 1.82) is 0 Å². The second-order valence-electron chi connectivity index (χ2n) is 8.46. The molecule has 2 aliphatic rings. The highest BCUT2D eigenvalue weighted by molar-refractivity contribution is 5.65. The molecule has 0 aliphatic heterocycles. The standard InChI is InChI=1S/C25H23F3N2/c26-25(27,28)17-5-3-4-16(12-17)14-8-10-15(11-9-14)20-13-21(20)22-23(29)18-6-1-2-7-19(18)24(22)30/h1-12,20-24H,13,29-30H2/t20-,21+,22?,23?,24?/m0/s1. The Labute approximate surface area is 173 Å². The fraction of sp³-hybridized carbons (Fsp3) is 0.280. The topological polar surface area (TPSA) is 52.0 Å². The molecule has 1 fully saturated rings. The summed E-state index contributed by atoms with van der Waals surface area (Å²) in [7, 11) is 0. The van der Waals surface area contributed by atoms with E-state index in [4.69, 9.17) is 11.5 Å². The quantitative estimate of drug-likeness (QED) is 0.575. The van der Waals surface area contributed by atoms with Crippen LogP contribution in [0.5, 0.6) is 0 Å². The molecular formula is C25H23F3N2. The first kappa shape index (κ1) is 19.3. The summed E-state index contributed by atoms with van der Waals surface area (Å²) in [5.74, 6) is 1.05. The van der Waals surface area contributed by atoms with E-state index >= 15 is 0 Å². The van der Waals surface area contributed by atoms with Crippen molar-refractivity contribution in [3.8, 4) is 11.1 Å². The third-order valence-corrected chi connectivity index (χ3v) is 6.74. The lowest BCUT2D eigenvalue weighted by Gasteiger charge is -2.20. The predicted octanol–water partition coefficient (Wildman–Crippen LogP) is 5.81. The van der Waals surface area contributed by atoms with E-state index in [9.17, 15) is 13.2 Å². The molecule has 154 valence electrons. The van der Waals surface area contributed by atoms with Crippen LogP contribution in [0.1, 0.15) is 46.7 Å². The van der Waals surface area contributed by atoms with E-state index in [0.29, 0.717) is 17.4 Å². The van der Waals surface area contributed by atoms with E-state index in [0.717, 1.165) is 29.2 Å². The van der Waals surface area contributed by atoms with Crippen molar-refractivity contribution >= 4 is 0 Å². The molecule has 5 heteroatoms. The molecule has 3 aromatic carbocycles. The van der Waals surface area contributed by atoms with Gasteiger partial charge in [-0.1, -0.05) is 60.7 Å². The number of hydrogen-bond donors (Lipinski definition) is 2. The average molecular weight is 408 g/mol. The van der Waals surface area contributed by atoms with Gasteiger partial charge in [0.05, 0.1) is 5.56 Å². The molecule has 0 radical (unpaired) electrons. The van der Waals surface area contributed by atoms with E-state index in [-0.39, 0.29) is 18.0 Å². The van der Waals surface area contributed by atoms with Gasteiger partial charge in [0.2, 0.25) is 0 Å². The van der Waals surface area contributed by atoms with Crippen LogP contribution < -0.4 is 11.5 Å². The molecule has 0 aromatic heterocycles. The molecule has 0 bridgehead atoms. The van der Waals surface area contributed by atoms with Crippen molar-refractivity contribution in [3.05, 3.63) is 95.1 Å². The van der Waals surface area contributed by atoms with Gasteiger partial charge in [0.15, 0.2) is 0 Å². The van der Waals surface area contributed by atoms with Gasteiger partial charge in [-0.15, -0.1) is 0 Å². The second-order valence-corrected chi connectivity index (χ2v) is 8.46. The van der Waals surface area contributed by atoms with Crippen LogP contribution in [0.25, 0.3) is 11.1 Å². The van der Waals surface area contributed by atoms with Crippen molar-refractivity contribution in [2.75, 3.05) is 0 Å². The Balaban J connectivity index is 1.34. The van der Waals surface area contributed by atoms with E-state index in [1.54, 1.807) is 6.07 Å². The van der Waals surface area contributed by atoms with Crippen molar-refractivity contribution < 1.29 is 13.2 Å². The fourth-order valence-electron chi connectivity index (χ4n) is 5.11. The van der Waals surface area contributed by atoms with Gasteiger partial charge in [0.1, 0.15) is 0 Å². The van der Waals surface area contributed by atoms with Crippen LogP contribution in [0.15, 0.2) is 72.8 Å². The van der Waals surface area contributed by atoms with Crippen molar-refractivity contribution in [2.24, 2.45) is 23.3 Å². The highest BCUT2D eigenvalue weighted by Gasteiger charge is 2.51. The molecule has 5 rings (SSSR count). The molecule has 30 heavy (non-hydrogen) atoms. The summed E-state index contributed by atoms with van der Waals surface area (Å²) in [4.78, 5) is 0. The zero-order valence-corrected chi connectivity index (χ0v) is 16.3. The Kier molecular flexibility index (Phi) is 4.49. The highest BCUT2D eigenvalue weighted by Crippen LogP contribution is 2.60. The van der Waals surface area contributed by atoms with E-state index < -0.39 is 11.7 Å². The molecule has 3 aromatic rings. The van der Waals surface area contributed by atoms with Crippen LogP contribution in [0.4, 0.5) is 13.2 Å². The SMILES string of the molecule is NC1c2ccccc2C(N)C1[C@@H]1C[C@H]1c1ccc(-c2cccc(C(F)(F)F)c2)cc1. The van der Waals surface area contributed by atoms with E-state index in [1.807, 2.05) is 36.4 Å². The summed E-state index contributed by atoms with van der Waals surface area (Å²) in [6.45, 7) is 0. The zero-order chi connectivity index (χ0) is 21.0. The van der Waals surface area contributed by atoms with E-state index in [1.165, 1.54) is 17.7 Å². The number of hydrogen-bond acceptors (Lipinski definition) is 2. The van der Waals surface area contributed by atoms with Gasteiger partial charge in [-0.3, -0.25) is 0 Å². The molecule has 0 saturated heterocycles. The number of nitrogens with two attached hydrogens (primary N) is 2. The second kappa shape index (κ2) is 6.96. The van der Waals surface area contributed by atoms with Crippen LogP contribution >= 0.6 is 0 Å². The van der Waals surface area contributed by atoms with Crippen LogP contribution in [-0.2, 0) is 6.18 Å². The number of alkyl halides is 3. The van der Waals surface area contributed by atoms with Gasteiger partial charge >= 0.3 is 6.18 Å². The molecule has 2 aliphatic carbocycles. The Morgan fingerprint density at radius 1 is 0.733 bits per heavy atom. The van der Waals surface area contributed by atoms with Gasteiger partial charge in [0, 0.05) is 18.0 Å². The van der Waals surface area contributed by atoms with Crippen LogP contribution in [0.2, 0.25) is 0 Å². The lowest BCUT2D eigenvalue weighted by molar-refractivity contribution is -0.137. The Bertz CT molecular complexity index is 1050. The van der Waals surface area contributed by atoms with Crippen LogP contribution in [0, 0.1) is 11.8 Å². The lowest BCUT2D eigenvalue weighted by atomic mass is 9.90. The van der Waals surface area contributed by atoms with Crippen molar-refractivity contribution in [1.82, 2.24) is 0 Å². The summed E-state index contributed by atoms with van der Waals surface area (Å²) in [5.41, 5.74) is 17.3. The molecular weight excluding hydrogens is 385 g/mol. The largest absolute Gasteiger partial charge is 0.416 e. The van der Waals surface area contributed by atoms with Gasteiger partial charge in [-0.2, -0.15) is 13.2 Å². The van der Waals surface area contributed by atoms with E-state index in [2.05, 4.69) is 12.1 Å². The van der Waals surface area contributed by atoms with Crippen molar-refractivity contribution in [2.45, 2.75) is 30.6 Å². The Hall–Kier alpha value is -2.63. The van der Waals surface area contributed by atoms with Crippen LogP contribution in [0.3, 0.4) is 0 Å². The number of rotatable bonds is 3. The first-order chi connectivity index (χ1) is 14.3. The molecule has 4 atom stereocenters. The monoisotopic (exact) mass is 408 g/mol. The molecule has 4 N–H and O–H groups in total. The third kappa shape index (κ3) is 3.22. The van der Waals surface area contributed by atoms with Gasteiger partial charge < -0.3 is 11.5 Å². The maximum absolute atomic E-state index is 13.0. The normalized spacial score (nSPS) is 27.7. The summed E-state index contributed by atoms with van der Waals surface area (Å²) in [6.07, 6.45) is -3.30. The van der Waals surface area contributed by atoms with Gasteiger partial charge in [0.25, 0.3) is 0 Å². The minimum atomic E-state index is -4.34. The maximum Gasteiger partial charge on any atom is 0.416 e. The summed E-state index contributed by atoms with van der Waals surface area (Å²) >= 11 is 0. The first-order valence-corrected chi connectivity index (χ1v) is 10.2. The van der Waals surface area contributed by atoms with Gasteiger partial charge in [-0.25, -0.2) is 0 Å². The predicted molar refractivity (Wildman–Crippen MR) is 112 cm³/mol. The molecule has 0 spiro atoms. The lowest BCUT2D eigenvalue weighted by Crippen LogP contribution is -2.26. The molecule has 2 unspecified atom stereocenters. The third-order valence-electron chi connectivity index (χ3n) is 6.74. The summed E-state index contributed by atoms with van der Waals surface area (Å²) in [6, 6.07) is 21.4.